The number of carbonyl (C=O) groups is 1. The summed E-state index contributed by atoms with van der Waals surface area (Å²) in [5, 5.41) is 4.02. The summed E-state index contributed by atoms with van der Waals surface area (Å²) in [4.78, 5) is 22.8. The summed E-state index contributed by atoms with van der Waals surface area (Å²) in [5.74, 6) is 1.52. The summed E-state index contributed by atoms with van der Waals surface area (Å²) < 4.78 is 20.5. The van der Waals surface area contributed by atoms with Gasteiger partial charge in [-0.1, -0.05) is 5.16 Å². The van der Waals surface area contributed by atoms with Crippen LogP contribution in [-0.4, -0.2) is 66.5 Å². The second-order valence-electron chi connectivity index (χ2n) is 5.92. The van der Waals surface area contributed by atoms with E-state index < -0.39 is 0 Å². The minimum absolute atomic E-state index is 0.0571. The van der Waals surface area contributed by atoms with Crippen molar-refractivity contribution in [3.63, 3.8) is 0 Å². The second kappa shape index (κ2) is 8.72. The number of aromatic nitrogens is 3. The third kappa shape index (κ3) is 4.36. The molecule has 2 aromatic heterocycles. The fraction of sp³-hybridized carbons (Fsp3) is 0.529. The Morgan fingerprint density at radius 1 is 1.35 bits per heavy atom. The molecule has 2 aromatic rings. The summed E-state index contributed by atoms with van der Waals surface area (Å²) in [6.45, 7) is 2.43. The Kier molecular flexibility index (Phi) is 6.13. The number of ether oxygens (including phenoxy) is 3. The second-order valence-corrected chi connectivity index (χ2v) is 5.92. The average molecular weight is 362 g/mol. The average Bonchev–Trinajstić information content (AvgIpc) is 3.34. The highest BCUT2D eigenvalue weighted by atomic mass is 16.5. The molecular weight excluding hydrogens is 340 g/mol. The van der Waals surface area contributed by atoms with Gasteiger partial charge < -0.3 is 23.6 Å². The van der Waals surface area contributed by atoms with Crippen molar-refractivity contribution in [1.29, 1.82) is 0 Å². The Morgan fingerprint density at radius 2 is 2.23 bits per heavy atom. The summed E-state index contributed by atoms with van der Waals surface area (Å²) in [5.41, 5.74) is 0.534. The largest absolute Gasteiger partial charge is 0.481 e. The molecule has 0 bridgehead atoms. The maximum atomic E-state index is 12.6. The van der Waals surface area contributed by atoms with E-state index in [1.54, 1.807) is 24.1 Å². The van der Waals surface area contributed by atoms with Gasteiger partial charge in [0.05, 0.1) is 25.9 Å². The highest BCUT2D eigenvalue weighted by Gasteiger charge is 2.31. The molecule has 3 heterocycles. The zero-order valence-electron chi connectivity index (χ0n) is 14.9. The van der Waals surface area contributed by atoms with Gasteiger partial charge in [0.2, 0.25) is 5.88 Å². The number of methoxy groups -OCH3 is 2. The lowest BCUT2D eigenvalue weighted by Crippen LogP contribution is -2.28. The van der Waals surface area contributed by atoms with Crippen LogP contribution in [0.4, 0.5) is 0 Å². The van der Waals surface area contributed by atoms with Crippen molar-refractivity contribution in [2.45, 2.75) is 18.9 Å². The van der Waals surface area contributed by atoms with Gasteiger partial charge in [0.15, 0.2) is 5.82 Å². The Morgan fingerprint density at radius 3 is 2.96 bits per heavy atom. The van der Waals surface area contributed by atoms with Crippen molar-refractivity contribution in [3.8, 4) is 5.88 Å². The lowest BCUT2D eigenvalue weighted by Gasteiger charge is -2.15. The van der Waals surface area contributed by atoms with Crippen LogP contribution in [0.15, 0.2) is 22.9 Å². The molecule has 1 unspecified atom stereocenters. The normalized spacial score (nSPS) is 16.8. The van der Waals surface area contributed by atoms with Gasteiger partial charge in [0, 0.05) is 38.4 Å². The van der Waals surface area contributed by atoms with Crippen LogP contribution in [0.25, 0.3) is 0 Å². The van der Waals surface area contributed by atoms with E-state index in [1.807, 2.05) is 0 Å². The Bertz CT molecular complexity index is 718. The van der Waals surface area contributed by atoms with Crippen LogP contribution in [0.3, 0.4) is 0 Å². The molecule has 0 saturated carbocycles. The maximum Gasteiger partial charge on any atom is 0.255 e. The van der Waals surface area contributed by atoms with E-state index in [0.717, 1.165) is 6.42 Å². The molecule has 0 aromatic carbocycles. The first-order valence-electron chi connectivity index (χ1n) is 8.39. The van der Waals surface area contributed by atoms with E-state index in [-0.39, 0.29) is 18.4 Å². The van der Waals surface area contributed by atoms with Crippen molar-refractivity contribution in [3.05, 3.63) is 35.6 Å². The van der Waals surface area contributed by atoms with Crippen molar-refractivity contribution < 1.29 is 23.5 Å². The molecule has 1 atom stereocenters. The molecule has 26 heavy (non-hydrogen) atoms. The molecule has 0 spiro atoms. The predicted molar refractivity (Wildman–Crippen MR) is 89.9 cm³/mol. The number of likely N-dealkylation sites (tertiary alicyclic amines) is 1. The molecule has 0 N–H and O–H groups in total. The molecule has 1 fully saturated rings. The van der Waals surface area contributed by atoms with Gasteiger partial charge in [-0.15, -0.1) is 0 Å². The van der Waals surface area contributed by atoms with Gasteiger partial charge in [-0.3, -0.25) is 4.79 Å². The van der Waals surface area contributed by atoms with Gasteiger partial charge in [0.25, 0.3) is 11.8 Å². The fourth-order valence-electron chi connectivity index (χ4n) is 2.76. The van der Waals surface area contributed by atoms with Crippen LogP contribution >= 0.6 is 0 Å². The molecule has 0 aliphatic carbocycles. The zero-order chi connectivity index (χ0) is 18.4. The van der Waals surface area contributed by atoms with Crippen molar-refractivity contribution >= 4 is 5.91 Å². The van der Waals surface area contributed by atoms with E-state index in [9.17, 15) is 4.79 Å². The number of amides is 1. The molecule has 1 aliphatic heterocycles. The lowest BCUT2D eigenvalue weighted by molar-refractivity contribution is 0.0494. The number of pyridine rings is 1. The standard InChI is InChI=1S/C17H22N4O5/c1-23-7-8-25-11-15-19-16(20-26-15)13-5-6-21(10-13)17(22)12-3-4-14(24-2)18-9-12/h3-4,9,13H,5-8,10-11H2,1-2H3. The molecule has 9 nitrogen and oxygen atoms in total. The maximum absolute atomic E-state index is 12.6. The van der Waals surface area contributed by atoms with Crippen molar-refractivity contribution in [2.75, 3.05) is 40.5 Å². The van der Waals surface area contributed by atoms with Gasteiger partial charge in [-0.2, -0.15) is 4.98 Å². The third-order valence-electron chi connectivity index (χ3n) is 4.17. The van der Waals surface area contributed by atoms with Crippen LogP contribution in [-0.2, 0) is 16.1 Å². The molecule has 1 amide bonds. The van der Waals surface area contributed by atoms with Crippen LogP contribution in [0.1, 0.15) is 34.4 Å². The number of carbonyl (C=O) groups excluding carboxylic acids is 1. The number of rotatable bonds is 8. The topological polar surface area (TPSA) is 99.8 Å². The van der Waals surface area contributed by atoms with Gasteiger partial charge in [-0.05, 0) is 12.5 Å². The zero-order valence-corrected chi connectivity index (χ0v) is 14.9. The van der Waals surface area contributed by atoms with Gasteiger partial charge >= 0.3 is 0 Å². The Labute approximate surface area is 151 Å². The van der Waals surface area contributed by atoms with E-state index in [1.165, 1.54) is 13.3 Å². The Hall–Kier alpha value is -2.52. The minimum atomic E-state index is -0.0609. The molecule has 9 heteroatoms. The SMILES string of the molecule is COCCOCc1nc(C2CCN(C(=O)c3ccc(OC)nc3)C2)no1. The number of nitrogens with zero attached hydrogens (tertiary/aromatic N) is 4. The van der Waals surface area contributed by atoms with E-state index >= 15 is 0 Å². The van der Waals surface area contributed by atoms with E-state index in [2.05, 4.69) is 15.1 Å². The fourth-order valence-corrected chi connectivity index (χ4v) is 2.76. The smallest absolute Gasteiger partial charge is 0.255 e. The number of hydrogen-bond acceptors (Lipinski definition) is 8. The van der Waals surface area contributed by atoms with E-state index in [0.29, 0.717) is 49.5 Å². The summed E-state index contributed by atoms with van der Waals surface area (Å²) in [6, 6.07) is 3.39. The van der Waals surface area contributed by atoms with Crippen molar-refractivity contribution in [1.82, 2.24) is 20.0 Å². The molecule has 1 saturated heterocycles. The van der Waals surface area contributed by atoms with E-state index in [4.69, 9.17) is 18.7 Å². The van der Waals surface area contributed by atoms with Gasteiger partial charge in [-0.25, -0.2) is 4.98 Å². The molecular formula is C17H22N4O5. The third-order valence-corrected chi connectivity index (χ3v) is 4.17. The highest BCUT2D eigenvalue weighted by Crippen LogP contribution is 2.26. The van der Waals surface area contributed by atoms with Crippen LogP contribution in [0, 0.1) is 0 Å². The molecule has 1 aliphatic rings. The highest BCUT2D eigenvalue weighted by molar-refractivity contribution is 5.94. The number of hydrogen-bond donors (Lipinski definition) is 0. The lowest BCUT2D eigenvalue weighted by atomic mass is 10.1. The summed E-state index contributed by atoms with van der Waals surface area (Å²) >= 11 is 0. The van der Waals surface area contributed by atoms with Crippen LogP contribution < -0.4 is 4.74 Å². The summed E-state index contributed by atoms with van der Waals surface area (Å²) in [7, 11) is 3.15. The predicted octanol–water partition coefficient (Wildman–Crippen LogP) is 1.27. The van der Waals surface area contributed by atoms with Crippen molar-refractivity contribution in [2.24, 2.45) is 0 Å². The monoisotopic (exact) mass is 362 g/mol. The minimum Gasteiger partial charge on any atom is -0.481 e. The first-order valence-corrected chi connectivity index (χ1v) is 8.39. The first-order chi connectivity index (χ1) is 12.7. The molecule has 0 radical (unpaired) electrons. The van der Waals surface area contributed by atoms with Crippen LogP contribution in [0.2, 0.25) is 0 Å². The molecule has 3 rings (SSSR count). The van der Waals surface area contributed by atoms with Gasteiger partial charge in [0.1, 0.15) is 6.61 Å². The first kappa shape index (κ1) is 18.3. The summed E-state index contributed by atoms with van der Waals surface area (Å²) in [6.07, 6.45) is 2.32. The van der Waals surface area contributed by atoms with Crippen LogP contribution in [0.5, 0.6) is 5.88 Å². The molecule has 140 valence electrons. The Balaban J connectivity index is 1.54. The quantitative estimate of drug-likeness (QED) is 0.647.